The van der Waals surface area contributed by atoms with E-state index in [1.54, 1.807) is 6.08 Å². The highest BCUT2D eigenvalue weighted by atomic mass is 16.5. The topological polar surface area (TPSA) is 47.6 Å². The van der Waals surface area contributed by atoms with Crippen LogP contribution in [0.1, 0.15) is 0 Å². The van der Waals surface area contributed by atoms with Crippen molar-refractivity contribution in [3.05, 3.63) is 11.9 Å². The van der Waals surface area contributed by atoms with Crippen molar-refractivity contribution in [2.24, 2.45) is 0 Å². The van der Waals surface area contributed by atoms with Gasteiger partial charge in [0.2, 0.25) is 5.82 Å². The zero-order valence-corrected chi connectivity index (χ0v) is 8.99. The van der Waals surface area contributed by atoms with Gasteiger partial charge in [-0.15, -0.1) is 0 Å². The van der Waals surface area contributed by atoms with Crippen molar-refractivity contribution in [1.29, 1.82) is 0 Å². The van der Waals surface area contributed by atoms with Crippen molar-refractivity contribution in [2.45, 2.75) is 0 Å². The highest BCUT2D eigenvalue weighted by Gasteiger charge is 2.39. The van der Waals surface area contributed by atoms with E-state index in [1.165, 1.54) is 7.11 Å². The molecule has 84 valence electrons. The summed E-state index contributed by atoms with van der Waals surface area (Å²) in [5, 5.41) is 3.26. The highest BCUT2D eigenvalue weighted by Crippen LogP contribution is 2.22. The van der Waals surface area contributed by atoms with Crippen LogP contribution in [0.2, 0.25) is 0 Å². The molecule has 2 rings (SSSR count). The van der Waals surface area contributed by atoms with Crippen molar-refractivity contribution in [3.8, 4) is 0 Å². The van der Waals surface area contributed by atoms with Gasteiger partial charge in [0, 0.05) is 0 Å². The summed E-state index contributed by atoms with van der Waals surface area (Å²) < 4.78 is 10.8. The van der Waals surface area contributed by atoms with Crippen LogP contribution >= 0.6 is 0 Å². The molecule has 0 unspecified atom stereocenters. The lowest BCUT2D eigenvalue weighted by molar-refractivity contribution is -0.891. The van der Waals surface area contributed by atoms with E-state index in [-0.39, 0.29) is 5.97 Å². The fourth-order valence-corrected chi connectivity index (χ4v) is 2.20. The van der Waals surface area contributed by atoms with E-state index in [4.69, 9.17) is 4.74 Å². The first-order valence-corrected chi connectivity index (χ1v) is 5.25. The van der Waals surface area contributed by atoms with Crippen LogP contribution in [-0.2, 0) is 14.3 Å². The molecular formula is C10H17N2O3+. The summed E-state index contributed by atoms with van der Waals surface area (Å²) in [5.74, 6) is 0.688. The first kappa shape index (κ1) is 10.4. The summed E-state index contributed by atoms with van der Waals surface area (Å²) in [6.07, 6.45) is 1.57. The fraction of sp³-hybridized carbons (Fsp3) is 0.700. The van der Waals surface area contributed by atoms with Gasteiger partial charge >= 0.3 is 5.97 Å². The first-order chi connectivity index (χ1) is 7.27. The number of ether oxygens (including phenoxy) is 2. The zero-order valence-electron chi connectivity index (χ0n) is 8.99. The molecule has 2 heterocycles. The molecule has 0 amide bonds. The van der Waals surface area contributed by atoms with Gasteiger partial charge in [-0.2, -0.15) is 0 Å². The monoisotopic (exact) mass is 213 g/mol. The molecule has 2 fully saturated rings. The second kappa shape index (κ2) is 4.20. The number of nitrogens with zero attached hydrogens (tertiary/aromatic N) is 1. The van der Waals surface area contributed by atoms with E-state index in [1.807, 2.05) is 0 Å². The maximum atomic E-state index is 11.2. The van der Waals surface area contributed by atoms with E-state index in [2.05, 4.69) is 10.1 Å². The fourth-order valence-electron chi connectivity index (χ4n) is 2.20. The number of nitrogens with one attached hydrogen (secondary N) is 1. The van der Waals surface area contributed by atoms with E-state index in [0.29, 0.717) is 0 Å². The molecule has 2 aliphatic rings. The molecule has 5 nitrogen and oxygen atoms in total. The van der Waals surface area contributed by atoms with Crippen molar-refractivity contribution in [1.82, 2.24) is 5.32 Å². The minimum atomic E-state index is -0.289. The molecule has 0 aromatic heterocycles. The molecule has 1 N–H and O–H groups in total. The zero-order chi connectivity index (χ0) is 10.7. The van der Waals surface area contributed by atoms with Gasteiger partial charge in [0.1, 0.15) is 25.7 Å². The number of carbonyl (C=O) groups excluding carboxylic acids is 1. The Morgan fingerprint density at radius 1 is 1.47 bits per heavy atom. The van der Waals surface area contributed by atoms with Gasteiger partial charge in [-0.05, 0) is 0 Å². The third kappa shape index (κ3) is 1.98. The van der Waals surface area contributed by atoms with E-state index in [0.717, 1.165) is 49.7 Å². The summed E-state index contributed by atoms with van der Waals surface area (Å²) in [5.41, 5.74) is 0. The van der Waals surface area contributed by atoms with Crippen LogP contribution in [0, 0.1) is 0 Å². The van der Waals surface area contributed by atoms with Gasteiger partial charge in [0.25, 0.3) is 0 Å². The molecule has 15 heavy (non-hydrogen) atoms. The smallest absolute Gasteiger partial charge is 0.338 e. The largest absolute Gasteiger partial charge is 0.466 e. The van der Waals surface area contributed by atoms with Crippen molar-refractivity contribution >= 4 is 5.97 Å². The molecule has 0 aliphatic carbocycles. The molecule has 0 atom stereocenters. The minimum absolute atomic E-state index is 0.289. The van der Waals surface area contributed by atoms with E-state index < -0.39 is 0 Å². The Kier molecular flexibility index (Phi) is 2.93. The number of hydrogen-bond acceptors (Lipinski definition) is 4. The molecule has 5 heteroatoms. The maximum Gasteiger partial charge on any atom is 0.338 e. The molecule has 0 saturated carbocycles. The van der Waals surface area contributed by atoms with Crippen LogP contribution in [-0.4, -0.2) is 57.0 Å². The molecule has 2 aliphatic heterocycles. The normalized spacial score (nSPS) is 26.6. The third-order valence-electron chi connectivity index (χ3n) is 3.14. The lowest BCUT2D eigenvalue weighted by Crippen LogP contribution is -2.52. The molecule has 1 spiro atoms. The van der Waals surface area contributed by atoms with Crippen LogP contribution in [0.4, 0.5) is 0 Å². The molecular weight excluding hydrogens is 196 g/mol. The molecule has 0 aromatic carbocycles. The number of hydrogen-bond donors (Lipinski definition) is 1. The highest BCUT2D eigenvalue weighted by molar-refractivity contribution is 5.82. The Hall–Kier alpha value is -1.07. The van der Waals surface area contributed by atoms with Crippen LogP contribution in [0.3, 0.4) is 0 Å². The molecule has 0 bridgehead atoms. The van der Waals surface area contributed by atoms with E-state index >= 15 is 0 Å². The third-order valence-corrected chi connectivity index (χ3v) is 3.14. The number of esters is 1. The van der Waals surface area contributed by atoms with Crippen molar-refractivity contribution < 1.29 is 18.8 Å². The van der Waals surface area contributed by atoms with Gasteiger partial charge in [-0.1, -0.05) is 0 Å². The second-order valence-corrected chi connectivity index (χ2v) is 3.91. The van der Waals surface area contributed by atoms with Crippen LogP contribution in [0.25, 0.3) is 0 Å². The minimum Gasteiger partial charge on any atom is -0.466 e. The number of carbonyl (C=O) groups is 1. The first-order valence-electron chi connectivity index (χ1n) is 5.25. The summed E-state index contributed by atoms with van der Waals surface area (Å²) >= 11 is 0. The summed E-state index contributed by atoms with van der Waals surface area (Å²) in [6, 6.07) is 0. The average Bonchev–Trinajstić information content (AvgIpc) is 2.63. The molecule has 0 radical (unpaired) electrons. The van der Waals surface area contributed by atoms with Gasteiger partial charge in [0.05, 0.1) is 26.9 Å². The van der Waals surface area contributed by atoms with Gasteiger partial charge in [-0.3, -0.25) is 4.48 Å². The number of rotatable bonds is 1. The number of morpholine rings is 1. The SMILES string of the molecule is COC(=O)/C=C1/NCC[N+]12CCOCC2. The predicted octanol–water partition coefficient (Wildman–Crippen LogP) is -0.549. The summed E-state index contributed by atoms with van der Waals surface area (Å²) in [4.78, 5) is 11.2. The molecule has 0 aromatic rings. The Labute approximate surface area is 89.2 Å². The second-order valence-electron chi connectivity index (χ2n) is 3.91. The summed E-state index contributed by atoms with van der Waals surface area (Å²) in [6.45, 7) is 5.36. The van der Waals surface area contributed by atoms with Gasteiger partial charge < -0.3 is 14.8 Å². The van der Waals surface area contributed by atoms with Gasteiger partial charge in [0.15, 0.2) is 0 Å². The Morgan fingerprint density at radius 2 is 2.20 bits per heavy atom. The maximum absolute atomic E-state index is 11.2. The number of quaternary nitrogens is 1. The van der Waals surface area contributed by atoms with Crippen LogP contribution < -0.4 is 5.32 Å². The Bertz CT molecular complexity index is 282. The number of methoxy groups -OCH3 is 1. The van der Waals surface area contributed by atoms with Gasteiger partial charge in [-0.25, -0.2) is 4.79 Å². The average molecular weight is 213 g/mol. The van der Waals surface area contributed by atoms with Crippen molar-refractivity contribution in [3.63, 3.8) is 0 Å². The lowest BCUT2D eigenvalue weighted by Gasteiger charge is -2.36. The Morgan fingerprint density at radius 3 is 2.87 bits per heavy atom. The Balaban J connectivity index is 2.16. The summed E-state index contributed by atoms with van der Waals surface area (Å²) in [7, 11) is 1.40. The standard InChI is InChI=1S/C10H16N2O3/c1-14-10(13)8-9-11-2-3-12(9)4-6-15-7-5-12/h8H,2-7H2,1H3/p+1. The van der Waals surface area contributed by atoms with Crippen LogP contribution in [0.15, 0.2) is 11.9 Å². The van der Waals surface area contributed by atoms with E-state index in [9.17, 15) is 4.79 Å². The van der Waals surface area contributed by atoms with Crippen molar-refractivity contribution in [2.75, 3.05) is 46.5 Å². The quantitative estimate of drug-likeness (QED) is 0.361. The van der Waals surface area contributed by atoms with Crippen LogP contribution in [0.5, 0.6) is 0 Å². The lowest BCUT2D eigenvalue weighted by atomic mass is 10.3. The molecule has 2 saturated heterocycles. The predicted molar refractivity (Wildman–Crippen MR) is 53.8 cm³/mol.